The van der Waals surface area contributed by atoms with Crippen molar-refractivity contribution >= 4 is 12.1 Å². The topological polar surface area (TPSA) is 78.9 Å². The molecule has 0 aliphatic rings. The van der Waals surface area contributed by atoms with E-state index in [-0.39, 0.29) is 12.5 Å². The van der Waals surface area contributed by atoms with Gasteiger partial charge in [0.25, 0.3) is 0 Å². The fourth-order valence-electron chi connectivity index (χ4n) is 3.67. The Morgan fingerprint density at radius 1 is 1.21 bits per heavy atom. The first-order valence-corrected chi connectivity index (χ1v) is 10.1. The van der Waals surface area contributed by atoms with Gasteiger partial charge in [-0.2, -0.15) is 0 Å². The van der Waals surface area contributed by atoms with Crippen LogP contribution in [0.1, 0.15) is 52.0 Å². The lowest BCUT2D eigenvalue weighted by atomic mass is 9.85. The standard InChI is InChI=1S/C22H36N2O4/c1-7-20(16(4)14-24(5)6)17-9-8-10-19(12-17)28-22(27)23-13-18(21(25)26)11-15(2)3/h8-10,12,15-16,18,20H,7,11,13-14H2,1-6H3,(H,23,27)(H,25,26). The summed E-state index contributed by atoms with van der Waals surface area (Å²) < 4.78 is 5.39. The number of carbonyl (C=O) groups is 2. The summed E-state index contributed by atoms with van der Waals surface area (Å²) in [5.41, 5.74) is 1.14. The first-order valence-electron chi connectivity index (χ1n) is 10.1. The molecular formula is C22H36N2O4. The summed E-state index contributed by atoms with van der Waals surface area (Å²) in [7, 11) is 4.13. The predicted molar refractivity (Wildman–Crippen MR) is 112 cm³/mol. The third-order valence-electron chi connectivity index (χ3n) is 4.87. The fourth-order valence-corrected chi connectivity index (χ4v) is 3.67. The number of nitrogens with zero attached hydrogens (tertiary/aromatic N) is 1. The number of carbonyl (C=O) groups excluding carboxylic acids is 1. The molecule has 0 heterocycles. The number of ether oxygens (including phenoxy) is 1. The van der Waals surface area contributed by atoms with Gasteiger partial charge in [-0.3, -0.25) is 4.79 Å². The van der Waals surface area contributed by atoms with Crippen molar-refractivity contribution in [1.82, 2.24) is 10.2 Å². The van der Waals surface area contributed by atoms with Crippen LogP contribution in [0.4, 0.5) is 4.79 Å². The van der Waals surface area contributed by atoms with Crippen molar-refractivity contribution in [3.63, 3.8) is 0 Å². The van der Waals surface area contributed by atoms with Gasteiger partial charge in [0.05, 0.1) is 5.92 Å². The van der Waals surface area contributed by atoms with E-state index >= 15 is 0 Å². The number of hydrogen-bond donors (Lipinski definition) is 2. The number of carboxylic acids is 1. The van der Waals surface area contributed by atoms with E-state index in [0.717, 1.165) is 18.5 Å². The van der Waals surface area contributed by atoms with Gasteiger partial charge in [-0.15, -0.1) is 0 Å². The molecule has 6 nitrogen and oxygen atoms in total. The number of aliphatic carboxylic acids is 1. The van der Waals surface area contributed by atoms with E-state index in [9.17, 15) is 14.7 Å². The Kier molecular flexibility index (Phi) is 10.0. The zero-order valence-corrected chi connectivity index (χ0v) is 18.1. The first kappa shape index (κ1) is 24.0. The van der Waals surface area contributed by atoms with Gasteiger partial charge >= 0.3 is 12.1 Å². The van der Waals surface area contributed by atoms with Crippen molar-refractivity contribution in [1.29, 1.82) is 0 Å². The van der Waals surface area contributed by atoms with Crippen LogP contribution in [0.5, 0.6) is 5.75 Å². The summed E-state index contributed by atoms with van der Waals surface area (Å²) in [4.78, 5) is 25.6. The maximum atomic E-state index is 12.1. The van der Waals surface area contributed by atoms with E-state index in [2.05, 4.69) is 44.2 Å². The fraction of sp³-hybridized carbons (Fsp3) is 0.636. The van der Waals surface area contributed by atoms with Crippen LogP contribution >= 0.6 is 0 Å². The molecule has 0 radical (unpaired) electrons. The van der Waals surface area contributed by atoms with Crippen molar-refractivity contribution in [3.05, 3.63) is 29.8 Å². The van der Waals surface area contributed by atoms with Gasteiger partial charge in [-0.05, 0) is 62.4 Å². The summed E-state index contributed by atoms with van der Waals surface area (Å²) in [5.74, 6) is 0.0340. The zero-order chi connectivity index (χ0) is 21.3. The minimum Gasteiger partial charge on any atom is -0.481 e. The van der Waals surface area contributed by atoms with E-state index in [4.69, 9.17) is 4.74 Å². The number of hydrogen-bond acceptors (Lipinski definition) is 4. The minimum absolute atomic E-state index is 0.0590. The highest BCUT2D eigenvalue weighted by molar-refractivity contribution is 5.73. The van der Waals surface area contributed by atoms with Gasteiger partial charge in [0, 0.05) is 13.1 Å². The second-order valence-corrected chi connectivity index (χ2v) is 8.26. The second kappa shape index (κ2) is 11.7. The van der Waals surface area contributed by atoms with E-state index in [1.165, 1.54) is 0 Å². The third-order valence-corrected chi connectivity index (χ3v) is 4.87. The zero-order valence-electron chi connectivity index (χ0n) is 18.1. The number of amides is 1. The molecule has 0 spiro atoms. The SMILES string of the molecule is CCC(c1cccc(OC(=O)NCC(CC(C)C)C(=O)O)c1)C(C)CN(C)C. The number of benzene rings is 1. The molecule has 6 heteroatoms. The van der Waals surface area contributed by atoms with Gasteiger partial charge in [0.2, 0.25) is 0 Å². The molecule has 1 amide bonds. The van der Waals surface area contributed by atoms with Gasteiger partial charge in [-0.25, -0.2) is 4.79 Å². The monoisotopic (exact) mass is 392 g/mol. The highest BCUT2D eigenvalue weighted by Gasteiger charge is 2.21. The van der Waals surface area contributed by atoms with Crippen LogP contribution in [0, 0.1) is 17.8 Å². The molecule has 2 N–H and O–H groups in total. The lowest BCUT2D eigenvalue weighted by Gasteiger charge is -2.26. The average molecular weight is 393 g/mol. The Balaban J connectivity index is 2.73. The Morgan fingerprint density at radius 3 is 2.43 bits per heavy atom. The Labute approximate surface area is 169 Å². The average Bonchev–Trinajstić information content (AvgIpc) is 2.58. The Hall–Kier alpha value is -2.08. The Morgan fingerprint density at radius 2 is 1.89 bits per heavy atom. The van der Waals surface area contributed by atoms with Crippen LogP contribution in [-0.2, 0) is 4.79 Å². The number of carboxylic acid groups (broad SMARTS) is 1. The lowest BCUT2D eigenvalue weighted by molar-refractivity contribution is -0.142. The molecule has 3 unspecified atom stereocenters. The highest BCUT2D eigenvalue weighted by atomic mass is 16.6. The third kappa shape index (κ3) is 8.30. The van der Waals surface area contributed by atoms with Gasteiger partial charge in [0.1, 0.15) is 5.75 Å². The van der Waals surface area contributed by atoms with Crippen LogP contribution in [0.3, 0.4) is 0 Å². The van der Waals surface area contributed by atoms with Gasteiger partial charge in [-0.1, -0.05) is 39.8 Å². The van der Waals surface area contributed by atoms with E-state index in [1.807, 2.05) is 26.0 Å². The molecule has 1 aromatic rings. The van der Waals surface area contributed by atoms with Crippen molar-refractivity contribution in [2.24, 2.45) is 17.8 Å². The predicted octanol–water partition coefficient (Wildman–Crippen LogP) is 4.21. The molecule has 0 aromatic heterocycles. The summed E-state index contributed by atoms with van der Waals surface area (Å²) in [6.45, 7) is 9.36. The molecule has 1 aromatic carbocycles. The van der Waals surface area contributed by atoms with Gasteiger partial charge in [0.15, 0.2) is 0 Å². The number of nitrogens with one attached hydrogen (secondary N) is 1. The molecule has 28 heavy (non-hydrogen) atoms. The van der Waals surface area contributed by atoms with E-state index < -0.39 is 18.0 Å². The summed E-state index contributed by atoms with van der Waals surface area (Å²) in [5, 5.41) is 11.8. The molecule has 0 saturated heterocycles. The minimum atomic E-state index is -0.906. The smallest absolute Gasteiger partial charge is 0.412 e. The van der Waals surface area contributed by atoms with Gasteiger partial charge < -0.3 is 20.1 Å². The molecule has 3 atom stereocenters. The molecule has 0 bridgehead atoms. The molecule has 0 aliphatic heterocycles. The normalized spacial score (nSPS) is 14.6. The van der Waals surface area contributed by atoms with Crippen LogP contribution in [0.25, 0.3) is 0 Å². The van der Waals surface area contributed by atoms with Crippen LogP contribution < -0.4 is 10.1 Å². The maximum Gasteiger partial charge on any atom is 0.412 e. The highest BCUT2D eigenvalue weighted by Crippen LogP contribution is 2.30. The van der Waals surface area contributed by atoms with Crippen LogP contribution in [0.15, 0.2) is 24.3 Å². The van der Waals surface area contributed by atoms with E-state index in [1.54, 1.807) is 6.07 Å². The van der Waals surface area contributed by atoms with Crippen molar-refractivity contribution in [3.8, 4) is 5.75 Å². The van der Waals surface area contributed by atoms with Crippen LogP contribution in [0.2, 0.25) is 0 Å². The molecule has 0 saturated carbocycles. The van der Waals surface area contributed by atoms with Crippen molar-refractivity contribution in [2.75, 3.05) is 27.2 Å². The molecule has 0 aliphatic carbocycles. The lowest BCUT2D eigenvalue weighted by Crippen LogP contribution is -2.35. The largest absolute Gasteiger partial charge is 0.481 e. The number of rotatable bonds is 11. The van der Waals surface area contributed by atoms with Crippen molar-refractivity contribution in [2.45, 2.75) is 46.5 Å². The molecular weight excluding hydrogens is 356 g/mol. The maximum absolute atomic E-state index is 12.1. The van der Waals surface area contributed by atoms with Crippen molar-refractivity contribution < 1.29 is 19.4 Å². The summed E-state index contributed by atoms with van der Waals surface area (Å²) >= 11 is 0. The molecule has 0 fully saturated rings. The quantitative estimate of drug-likeness (QED) is 0.590. The van der Waals surface area contributed by atoms with E-state index in [0.29, 0.717) is 24.0 Å². The summed E-state index contributed by atoms with van der Waals surface area (Å²) in [6.07, 6.45) is 0.884. The second-order valence-electron chi connectivity index (χ2n) is 8.26. The molecule has 158 valence electrons. The first-order chi connectivity index (χ1) is 13.1. The Bertz CT molecular complexity index is 631. The van der Waals surface area contributed by atoms with Crippen LogP contribution in [-0.4, -0.2) is 49.3 Å². The molecule has 1 rings (SSSR count). The summed E-state index contributed by atoms with van der Waals surface area (Å²) in [6, 6.07) is 7.61.